The number of rotatable bonds is 4. The van der Waals surface area contributed by atoms with E-state index in [2.05, 4.69) is 15.4 Å². The number of hydrogen-bond donors (Lipinski definition) is 2. The highest BCUT2D eigenvalue weighted by molar-refractivity contribution is 5.34. The first-order valence-electron chi connectivity index (χ1n) is 5.37. The fraction of sp³-hybridized carbons (Fsp3) is 0.167. The van der Waals surface area contributed by atoms with Gasteiger partial charge in [-0.3, -0.25) is 0 Å². The maximum absolute atomic E-state index is 12.9. The fourth-order valence-electron chi connectivity index (χ4n) is 1.47. The largest absolute Gasteiger partial charge is 0.486 e. The molecule has 0 unspecified atom stereocenters. The first kappa shape index (κ1) is 12.3. The van der Waals surface area contributed by atoms with Crippen molar-refractivity contribution >= 4 is 5.82 Å². The van der Waals surface area contributed by atoms with Crippen molar-refractivity contribution in [2.75, 3.05) is 5.43 Å². The number of aromatic nitrogens is 2. The van der Waals surface area contributed by atoms with Crippen molar-refractivity contribution < 1.29 is 9.13 Å². The second-order valence-electron chi connectivity index (χ2n) is 3.70. The number of hydrazine groups is 1. The molecule has 0 aliphatic rings. The molecule has 18 heavy (non-hydrogen) atoms. The van der Waals surface area contributed by atoms with Crippen molar-refractivity contribution in [1.82, 2.24) is 9.97 Å². The van der Waals surface area contributed by atoms with Crippen molar-refractivity contribution in [1.29, 1.82) is 0 Å². The fourth-order valence-corrected chi connectivity index (χ4v) is 1.47. The summed E-state index contributed by atoms with van der Waals surface area (Å²) in [4.78, 5) is 8.32. The third kappa shape index (κ3) is 3.14. The zero-order valence-electron chi connectivity index (χ0n) is 9.85. The molecule has 0 radical (unpaired) electrons. The Hall–Kier alpha value is -2.21. The maximum Gasteiger partial charge on any atom is 0.168 e. The third-order valence-corrected chi connectivity index (χ3v) is 2.21. The number of anilines is 1. The first-order chi connectivity index (χ1) is 8.67. The number of nitrogens with zero attached hydrogens (tertiary/aromatic N) is 2. The van der Waals surface area contributed by atoms with E-state index < -0.39 is 0 Å². The van der Waals surface area contributed by atoms with Gasteiger partial charge >= 0.3 is 0 Å². The molecular formula is C12H13FN4O. The van der Waals surface area contributed by atoms with Crippen LogP contribution in [0.15, 0.2) is 30.3 Å². The highest BCUT2D eigenvalue weighted by atomic mass is 19.1. The quantitative estimate of drug-likeness (QED) is 0.637. The molecule has 0 atom stereocenters. The average Bonchev–Trinajstić information content (AvgIpc) is 2.36. The summed E-state index contributed by atoms with van der Waals surface area (Å²) in [6.07, 6.45) is 0. The van der Waals surface area contributed by atoms with E-state index in [0.29, 0.717) is 17.4 Å². The molecule has 0 aliphatic carbocycles. The summed E-state index contributed by atoms with van der Waals surface area (Å²) in [6.45, 7) is 1.98. The molecule has 0 aliphatic heterocycles. The predicted molar refractivity (Wildman–Crippen MR) is 65.3 cm³/mol. The van der Waals surface area contributed by atoms with E-state index in [0.717, 1.165) is 5.69 Å². The second-order valence-corrected chi connectivity index (χ2v) is 3.70. The standard InChI is InChI=1S/C12H13FN4O/c1-8-5-11(17-14)16-12(15-8)7-18-10-4-2-3-9(13)6-10/h2-6H,7,14H2,1H3,(H,15,16,17). The lowest BCUT2D eigenvalue weighted by Crippen LogP contribution is -2.12. The molecule has 2 aromatic rings. The van der Waals surface area contributed by atoms with Crippen LogP contribution in [-0.2, 0) is 6.61 Å². The van der Waals surface area contributed by atoms with Gasteiger partial charge in [0.1, 0.15) is 24.0 Å². The summed E-state index contributed by atoms with van der Waals surface area (Å²) in [5, 5.41) is 0. The van der Waals surface area contributed by atoms with E-state index in [1.165, 1.54) is 12.1 Å². The molecule has 0 saturated carbocycles. The van der Waals surface area contributed by atoms with Crippen LogP contribution in [-0.4, -0.2) is 9.97 Å². The molecule has 6 heteroatoms. The SMILES string of the molecule is Cc1cc(NN)nc(COc2cccc(F)c2)n1. The molecule has 94 valence electrons. The van der Waals surface area contributed by atoms with E-state index in [4.69, 9.17) is 10.6 Å². The van der Waals surface area contributed by atoms with Crippen LogP contribution in [0.25, 0.3) is 0 Å². The van der Waals surface area contributed by atoms with Gasteiger partial charge in [-0.2, -0.15) is 0 Å². The molecule has 0 saturated heterocycles. The van der Waals surface area contributed by atoms with Crippen LogP contribution in [0, 0.1) is 12.7 Å². The Morgan fingerprint density at radius 1 is 1.33 bits per heavy atom. The minimum absolute atomic E-state index is 0.153. The number of ether oxygens (including phenoxy) is 1. The molecule has 0 amide bonds. The van der Waals surface area contributed by atoms with Gasteiger partial charge in [0.2, 0.25) is 0 Å². The summed E-state index contributed by atoms with van der Waals surface area (Å²) in [7, 11) is 0. The van der Waals surface area contributed by atoms with Gasteiger partial charge in [0, 0.05) is 17.8 Å². The highest BCUT2D eigenvalue weighted by Gasteiger charge is 2.03. The molecule has 2 rings (SSSR count). The van der Waals surface area contributed by atoms with Gasteiger partial charge in [-0.15, -0.1) is 0 Å². The van der Waals surface area contributed by atoms with Crippen LogP contribution in [0.2, 0.25) is 0 Å². The highest BCUT2D eigenvalue weighted by Crippen LogP contribution is 2.13. The van der Waals surface area contributed by atoms with Crippen LogP contribution >= 0.6 is 0 Å². The number of aryl methyl sites for hydroxylation is 1. The average molecular weight is 248 g/mol. The summed E-state index contributed by atoms with van der Waals surface area (Å²) < 4.78 is 18.3. The third-order valence-electron chi connectivity index (χ3n) is 2.21. The van der Waals surface area contributed by atoms with Crippen LogP contribution in [0.5, 0.6) is 5.75 Å². The van der Waals surface area contributed by atoms with E-state index in [1.807, 2.05) is 6.92 Å². The first-order valence-corrected chi connectivity index (χ1v) is 5.37. The molecular weight excluding hydrogens is 235 g/mol. The number of benzene rings is 1. The number of nitrogens with two attached hydrogens (primary N) is 1. The molecule has 1 aromatic carbocycles. The zero-order valence-corrected chi connectivity index (χ0v) is 9.85. The summed E-state index contributed by atoms with van der Waals surface area (Å²) >= 11 is 0. The van der Waals surface area contributed by atoms with Crippen LogP contribution < -0.4 is 16.0 Å². The molecule has 3 N–H and O–H groups in total. The van der Waals surface area contributed by atoms with Crippen molar-refractivity contribution in [3.05, 3.63) is 47.7 Å². The van der Waals surface area contributed by atoms with Crippen molar-refractivity contribution in [3.63, 3.8) is 0 Å². The van der Waals surface area contributed by atoms with Crippen LogP contribution in [0.1, 0.15) is 11.5 Å². The molecule has 0 spiro atoms. The Kier molecular flexibility index (Phi) is 3.69. The Bertz CT molecular complexity index is 547. The molecule has 0 fully saturated rings. The van der Waals surface area contributed by atoms with Crippen molar-refractivity contribution in [3.8, 4) is 5.75 Å². The maximum atomic E-state index is 12.9. The van der Waals surface area contributed by atoms with Crippen molar-refractivity contribution in [2.45, 2.75) is 13.5 Å². The minimum atomic E-state index is -0.345. The topological polar surface area (TPSA) is 73.1 Å². The normalized spacial score (nSPS) is 10.2. The Morgan fingerprint density at radius 3 is 2.89 bits per heavy atom. The van der Waals surface area contributed by atoms with Crippen molar-refractivity contribution in [2.24, 2.45) is 5.84 Å². The molecule has 5 nitrogen and oxygen atoms in total. The van der Waals surface area contributed by atoms with Gasteiger partial charge in [-0.25, -0.2) is 20.2 Å². The number of nitrogen functional groups attached to an aromatic ring is 1. The minimum Gasteiger partial charge on any atom is -0.486 e. The number of hydrogen-bond acceptors (Lipinski definition) is 5. The van der Waals surface area contributed by atoms with E-state index in [-0.39, 0.29) is 12.4 Å². The smallest absolute Gasteiger partial charge is 0.168 e. The molecule has 1 heterocycles. The van der Waals surface area contributed by atoms with Gasteiger partial charge in [0.25, 0.3) is 0 Å². The summed E-state index contributed by atoms with van der Waals surface area (Å²) in [5.41, 5.74) is 3.22. The summed E-state index contributed by atoms with van der Waals surface area (Å²) in [6, 6.07) is 7.62. The predicted octanol–water partition coefficient (Wildman–Crippen LogP) is 1.79. The lowest BCUT2D eigenvalue weighted by Gasteiger charge is -2.07. The summed E-state index contributed by atoms with van der Waals surface area (Å²) in [5.74, 6) is 6.36. The monoisotopic (exact) mass is 248 g/mol. The Labute approximate surface area is 104 Å². The van der Waals surface area contributed by atoms with Gasteiger partial charge in [0.15, 0.2) is 5.82 Å². The van der Waals surface area contributed by atoms with E-state index in [1.54, 1.807) is 18.2 Å². The second kappa shape index (κ2) is 5.42. The lowest BCUT2D eigenvalue weighted by atomic mass is 10.3. The number of halogens is 1. The van der Waals surface area contributed by atoms with Crippen LogP contribution in [0.3, 0.4) is 0 Å². The molecule has 1 aromatic heterocycles. The Morgan fingerprint density at radius 2 is 2.17 bits per heavy atom. The van der Waals surface area contributed by atoms with E-state index in [9.17, 15) is 4.39 Å². The van der Waals surface area contributed by atoms with Gasteiger partial charge in [0.05, 0.1) is 0 Å². The van der Waals surface area contributed by atoms with Gasteiger partial charge in [-0.1, -0.05) is 6.07 Å². The van der Waals surface area contributed by atoms with Gasteiger partial charge < -0.3 is 10.2 Å². The Balaban J connectivity index is 2.08. The van der Waals surface area contributed by atoms with E-state index >= 15 is 0 Å². The number of nitrogens with one attached hydrogen (secondary N) is 1. The lowest BCUT2D eigenvalue weighted by molar-refractivity contribution is 0.294. The zero-order chi connectivity index (χ0) is 13.0. The van der Waals surface area contributed by atoms with Crippen LogP contribution in [0.4, 0.5) is 10.2 Å². The molecule has 0 bridgehead atoms. The van der Waals surface area contributed by atoms with Gasteiger partial charge in [-0.05, 0) is 19.1 Å².